The zero-order chi connectivity index (χ0) is 7.15. The lowest BCUT2D eigenvalue weighted by Gasteiger charge is -2.43. The van der Waals surface area contributed by atoms with Crippen LogP contribution in [-0.2, 0) is 0 Å². The average molecular weight is 147 g/mol. The van der Waals surface area contributed by atoms with Crippen LogP contribution in [0.2, 0.25) is 0 Å². The third kappa shape index (κ3) is 1.19. The van der Waals surface area contributed by atoms with Gasteiger partial charge in [-0.3, -0.25) is 4.31 Å². The molecular formula is C7H17NS. The van der Waals surface area contributed by atoms with E-state index in [1.165, 1.54) is 18.7 Å². The summed E-state index contributed by atoms with van der Waals surface area (Å²) in [6, 6.07) is 0. The van der Waals surface area contributed by atoms with Gasteiger partial charge in [-0.2, -0.15) is 0 Å². The van der Waals surface area contributed by atoms with Crippen molar-refractivity contribution in [2.45, 2.75) is 6.42 Å². The van der Waals surface area contributed by atoms with Crippen LogP contribution in [0.25, 0.3) is 0 Å². The highest BCUT2D eigenvalue weighted by Gasteiger charge is 2.28. The third-order valence-corrected chi connectivity index (χ3v) is 6.21. The van der Waals surface area contributed by atoms with Crippen LogP contribution >= 0.6 is 8.94 Å². The molecule has 0 bridgehead atoms. The van der Waals surface area contributed by atoms with Gasteiger partial charge in [-0.05, 0) is 31.7 Å². The fourth-order valence-corrected chi connectivity index (χ4v) is 3.31. The minimum absolute atomic E-state index is 1.25. The van der Waals surface area contributed by atoms with Crippen molar-refractivity contribution in [3.8, 4) is 0 Å². The monoisotopic (exact) mass is 147 g/mol. The van der Waals surface area contributed by atoms with E-state index >= 15 is 0 Å². The van der Waals surface area contributed by atoms with Crippen molar-refractivity contribution in [3.05, 3.63) is 0 Å². The number of nitrogens with zero attached hydrogens (tertiary/aromatic N) is 1. The lowest BCUT2D eigenvalue weighted by molar-refractivity contribution is 0.586. The van der Waals surface area contributed by atoms with E-state index in [1.807, 2.05) is 0 Å². The second-order valence-corrected chi connectivity index (χ2v) is 9.61. The quantitative estimate of drug-likeness (QED) is 0.466. The molecule has 1 nitrogen and oxygen atoms in total. The topological polar surface area (TPSA) is 3.24 Å². The van der Waals surface area contributed by atoms with Crippen LogP contribution in [0.3, 0.4) is 0 Å². The molecule has 0 amide bonds. The smallest absolute Gasteiger partial charge is 0.00739 e. The zero-order valence-corrected chi connectivity index (χ0v) is 7.50. The summed E-state index contributed by atoms with van der Waals surface area (Å²) in [4.78, 5) is 0. The van der Waals surface area contributed by atoms with Gasteiger partial charge in [0.15, 0.2) is 0 Å². The highest BCUT2D eigenvalue weighted by molar-refractivity contribution is 8.43. The van der Waals surface area contributed by atoms with E-state index in [4.69, 9.17) is 0 Å². The highest BCUT2D eigenvalue weighted by Crippen LogP contribution is 2.56. The molecule has 1 aliphatic heterocycles. The van der Waals surface area contributed by atoms with Gasteiger partial charge in [-0.15, -0.1) is 0 Å². The Labute approximate surface area is 58.0 Å². The van der Waals surface area contributed by atoms with Gasteiger partial charge in [0.2, 0.25) is 0 Å². The fraction of sp³-hybridized carbons (Fsp3) is 0.857. The highest BCUT2D eigenvalue weighted by atomic mass is 32.3. The van der Waals surface area contributed by atoms with Crippen LogP contribution in [0.1, 0.15) is 6.42 Å². The summed E-state index contributed by atoms with van der Waals surface area (Å²) in [5.41, 5.74) is 0. The lowest BCUT2D eigenvalue weighted by Crippen LogP contribution is -2.21. The number of rotatable bonds is 0. The summed E-state index contributed by atoms with van der Waals surface area (Å²) < 4.78 is 2.44. The maximum atomic E-state index is 4.32. The van der Waals surface area contributed by atoms with E-state index in [2.05, 4.69) is 29.7 Å². The van der Waals surface area contributed by atoms with Crippen molar-refractivity contribution in [1.29, 1.82) is 0 Å². The van der Waals surface area contributed by atoms with Crippen LogP contribution in [0.5, 0.6) is 0 Å². The van der Waals surface area contributed by atoms with E-state index in [-0.39, 0.29) is 0 Å². The van der Waals surface area contributed by atoms with Crippen molar-refractivity contribution in [3.63, 3.8) is 0 Å². The summed E-state index contributed by atoms with van der Waals surface area (Å²) >= 11 is 0. The van der Waals surface area contributed by atoms with Crippen LogP contribution in [0.4, 0.5) is 0 Å². The van der Waals surface area contributed by atoms with E-state index in [1.54, 1.807) is 0 Å². The van der Waals surface area contributed by atoms with Gasteiger partial charge in [0.05, 0.1) is 0 Å². The van der Waals surface area contributed by atoms with Gasteiger partial charge in [-0.25, -0.2) is 8.94 Å². The van der Waals surface area contributed by atoms with Gasteiger partial charge in [0, 0.05) is 6.54 Å². The van der Waals surface area contributed by atoms with Crippen molar-refractivity contribution in [2.75, 3.05) is 31.9 Å². The van der Waals surface area contributed by atoms with Crippen molar-refractivity contribution >= 4 is 14.8 Å². The molecule has 1 aliphatic rings. The molecule has 0 N–H and O–H groups in total. The summed E-state index contributed by atoms with van der Waals surface area (Å²) in [5, 5.41) is 0. The standard InChI is InChI=1S/C7H17NS/c1-8-6-5-7-9(8,2,3)4/h2,5-7H2,1,3-4H3. The number of hydrogen-bond acceptors (Lipinski definition) is 1. The molecule has 0 atom stereocenters. The second-order valence-electron chi connectivity index (χ2n) is 3.80. The second kappa shape index (κ2) is 1.61. The first kappa shape index (κ1) is 7.29. The van der Waals surface area contributed by atoms with Crippen LogP contribution < -0.4 is 0 Å². The van der Waals surface area contributed by atoms with Crippen molar-refractivity contribution < 1.29 is 0 Å². The Balaban J connectivity index is 2.94. The summed E-state index contributed by atoms with van der Waals surface area (Å²) in [5.74, 6) is 5.64. The minimum Gasteiger partial charge on any atom is -0.275 e. The van der Waals surface area contributed by atoms with Gasteiger partial charge >= 0.3 is 0 Å². The summed E-state index contributed by atoms with van der Waals surface area (Å²) in [7, 11) is 0.910. The lowest BCUT2D eigenvalue weighted by atomic mass is 10.5. The van der Waals surface area contributed by atoms with Gasteiger partial charge in [-0.1, -0.05) is 5.87 Å². The Morgan fingerprint density at radius 2 is 2.00 bits per heavy atom. The first-order valence-corrected chi connectivity index (χ1v) is 6.49. The molecule has 0 aromatic rings. The predicted octanol–water partition coefficient (Wildman–Crippen LogP) is 1.27. The normalized spacial score (nSPS) is 37.4. The molecule has 0 radical (unpaired) electrons. The summed E-state index contributed by atoms with van der Waals surface area (Å²) in [6.07, 6.45) is 5.99. The molecule has 1 heterocycles. The first-order chi connectivity index (χ1) is 3.90. The van der Waals surface area contributed by atoms with Crippen LogP contribution in [0.15, 0.2) is 0 Å². The largest absolute Gasteiger partial charge is 0.275 e. The molecule has 0 saturated carbocycles. The Hall–Kier alpha value is 0.180. The van der Waals surface area contributed by atoms with E-state index in [0.717, 1.165) is 0 Å². The van der Waals surface area contributed by atoms with E-state index in [0.29, 0.717) is 0 Å². The van der Waals surface area contributed by atoms with E-state index < -0.39 is 8.94 Å². The molecule has 0 unspecified atom stereocenters. The van der Waals surface area contributed by atoms with Crippen molar-refractivity contribution in [1.82, 2.24) is 4.31 Å². The molecule has 0 aromatic heterocycles. The van der Waals surface area contributed by atoms with Gasteiger partial charge in [0.1, 0.15) is 0 Å². The molecular weight excluding hydrogens is 130 g/mol. The Morgan fingerprint density at radius 1 is 1.44 bits per heavy atom. The van der Waals surface area contributed by atoms with E-state index in [9.17, 15) is 0 Å². The molecule has 0 aromatic carbocycles. The molecule has 56 valence electrons. The van der Waals surface area contributed by atoms with Gasteiger partial charge in [0.25, 0.3) is 0 Å². The zero-order valence-electron chi connectivity index (χ0n) is 6.68. The Morgan fingerprint density at radius 3 is 2.11 bits per heavy atom. The SMILES string of the molecule is C=S1(C)(C)CCCN1C. The van der Waals surface area contributed by atoms with Crippen LogP contribution in [0, 0.1) is 0 Å². The number of hydrogen-bond donors (Lipinski definition) is 0. The maximum absolute atomic E-state index is 4.32. The minimum atomic E-state index is -1.29. The molecule has 0 aliphatic carbocycles. The van der Waals surface area contributed by atoms with Gasteiger partial charge < -0.3 is 0 Å². The molecule has 0 spiro atoms. The average Bonchev–Trinajstić information content (AvgIpc) is 1.82. The van der Waals surface area contributed by atoms with Crippen LogP contribution in [-0.4, -0.2) is 42.0 Å². The predicted molar refractivity (Wildman–Crippen MR) is 48.7 cm³/mol. The van der Waals surface area contributed by atoms with Crippen molar-refractivity contribution in [2.24, 2.45) is 0 Å². The fourth-order valence-electron chi connectivity index (χ4n) is 1.21. The maximum Gasteiger partial charge on any atom is 0.00739 e. The molecule has 9 heavy (non-hydrogen) atoms. The third-order valence-electron chi connectivity index (χ3n) is 2.33. The summed E-state index contributed by atoms with van der Waals surface area (Å²) in [6.45, 7) is 1.25. The Bertz CT molecular complexity index is 177. The molecule has 1 fully saturated rings. The Kier molecular flexibility index (Phi) is 1.30. The molecule has 1 rings (SSSR count). The molecule has 1 saturated heterocycles. The first-order valence-electron chi connectivity index (χ1n) is 3.34. The molecule has 2 heteroatoms.